The van der Waals surface area contributed by atoms with E-state index in [0.717, 1.165) is 54.9 Å². The minimum Gasteiger partial charge on any atom is -0.356 e. The fourth-order valence-corrected chi connectivity index (χ4v) is 2.74. The van der Waals surface area contributed by atoms with Gasteiger partial charge in [0.2, 0.25) is 0 Å². The first-order chi connectivity index (χ1) is 9.20. The van der Waals surface area contributed by atoms with Crippen molar-refractivity contribution < 1.29 is 0 Å². The first-order valence-corrected chi connectivity index (χ1v) is 7.68. The van der Waals surface area contributed by atoms with Crippen LogP contribution in [-0.4, -0.2) is 24.6 Å². The number of nitrogens with one attached hydrogen (secondary N) is 1. The van der Waals surface area contributed by atoms with Crippen LogP contribution in [0.1, 0.15) is 38.7 Å². The number of piperidine rings is 1. The average molecular weight is 282 g/mol. The van der Waals surface area contributed by atoms with E-state index in [2.05, 4.69) is 35.1 Å². The van der Waals surface area contributed by atoms with Gasteiger partial charge in [-0.3, -0.25) is 0 Å². The molecule has 1 unspecified atom stereocenters. The molecule has 106 valence electrons. The molecule has 3 nitrogen and oxygen atoms in total. The summed E-state index contributed by atoms with van der Waals surface area (Å²) in [6, 6.07) is 2.14. The Morgan fingerprint density at radius 3 is 3.11 bits per heavy atom. The molecule has 0 aromatic carbocycles. The number of hydrogen-bond donors (Lipinski definition) is 1. The summed E-state index contributed by atoms with van der Waals surface area (Å²) >= 11 is 6.22. The van der Waals surface area contributed by atoms with Crippen molar-refractivity contribution in [3.8, 4) is 0 Å². The van der Waals surface area contributed by atoms with Crippen LogP contribution in [0.3, 0.4) is 0 Å². The molecule has 1 saturated heterocycles. The first kappa shape index (κ1) is 14.6. The Labute approximate surface area is 121 Å². The van der Waals surface area contributed by atoms with Crippen LogP contribution >= 0.6 is 11.6 Å². The Kier molecular flexibility index (Phi) is 5.46. The molecule has 0 spiro atoms. The topological polar surface area (TPSA) is 28.2 Å². The number of rotatable bonds is 5. The average Bonchev–Trinajstić information content (AvgIpc) is 2.41. The summed E-state index contributed by atoms with van der Waals surface area (Å²) in [5.41, 5.74) is 1.15. The zero-order chi connectivity index (χ0) is 13.7. The van der Waals surface area contributed by atoms with Gasteiger partial charge in [-0.1, -0.05) is 25.4 Å². The minimum atomic E-state index is 0.757. The van der Waals surface area contributed by atoms with E-state index in [1.54, 1.807) is 6.20 Å². The molecule has 1 N–H and O–H groups in total. The molecule has 0 bridgehead atoms. The van der Waals surface area contributed by atoms with Gasteiger partial charge in [-0.15, -0.1) is 0 Å². The molecule has 1 fully saturated rings. The maximum absolute atomic E-state index is 6.22. The third-order valence-electron chi connectivity index (χ3n) is 3.64. The van der Waals surface area contributed by atoms with E-state index in [1.165, 1.54) is 12.8 Å². The van der Waals surface area contributed by atoms with Gasteiger partial charge in [0.1, 0.15) is 5.82 Å². The van der Waals surface area contributed by atoms with E-state index in [-0.39, 0.29) is 0 Å². The molecule has 2 rings (SSSR count). The molecule has 1 atom stereocenters. The number of pyridine rings is 1. The van der Waals surface area contributed by atoms with Crippen molar-refractivity contribution in [2.24, 2.45) is 5.92 Å². The quantitative estimate of drug-likeness (QED) is 0.838. The number of halogens is 1. The molecule has 1 aliphatic heterocycles. The molecule has 1 aromatic heterocycles. The van der Waals surface area contributed by atoms with Gasteiger partial charge in [-0.05, 0) is 43.4 Å². The highest BCUT2D eigenvalue weighted by atomic mass is 35.5. The Hall–Kier alpha value is -0.800. The smallest absolute Gasteiger partial charge is 0.128 e. The van der Waals surface area contributed by atoms with E-state index in [0.29, 0.717) is 0 Å². The Morgan fingerprint density at radius 2 is 2.37 bits per heavy atom. The highest BCUT2D eigenvalue weighted by Crippen LogP contribution is 2.24. The van der Waals surface area contributed by atoms with Gasteiger partial charge in [0, 0.05) is 25.8 Å². The van der Waals surface area contributed by atoms with E-state index >= 15 is 0 Å². The number of hydrogen-bond acceptors (Lipinski definition) is 3. The van der Waals surface area contributed by atoms with Crippen molar-refractivity contribution in [2.45, 2.75) is 39.7 Å². The van der Waals surface area contributed by atoms with Crippen molar-refractivity contribution in [3.63, 3.8) is 0 Å². The number of aromatic nitrogens is 1. The lowest BCUT2D eigenvalue weighted by Gasteiger charge is -2.32. The van der Waals surface area contributed by atoms with Gasteiger partial charge < -0.3 is 10.2 Å². The van der Waals surface area contributed by atoms with Crippen molar-refractivity contribution in [1.29, 1.82) is 0 Å². The van der Waals surface area contributed by atoms with Gasteiger partial charge in [-0.25, -0.2) is 4.98 Å². The van der Waals surface area contributed by atoms with Gasteiger partial charge in [0.05, 0.1) is 5.02 Å². The Bertz CT molecular complexity index is 408. The molecule has 2 heterocycles. The highest BCUT2D eigenvalue weighted by molar-refractivity contribution is 6.31. The van der Waals surface area contributed by atoms with E-state index in [4.69, 9.17) is 11.6 Å². The Morgan fingerprint density at radius 1 is 1.53 bits per heavy atom. The van der Waals surface area contributed by atoms with Gasteiger partial charge >= 0.3 is 0 Å². The molecule has 1 aliphatic rings. The summed E-state index contributed by atoms with van der Waals surface area (Å²) < 4.78 is 0. The van der Waals surface area contributed by atoms with Gasteiger partial charge in [0.15, 0.2) is 0 Å². The maximum atomic E-state index is 6.22. The summed E-state index contributed by atoms with van der Waals surface area (Å²) in [6.45, 7) is 8.55. The molecule has 4 heteroatoms. The maximum Gasteiger partial charge on any atom is 0.128 e. The summed E-state index contributed by atoms with van der Waals surface area (Å²) in [7, 11) is 0. The van der Waals surface area contributed by atoms with Crippen LogP contribution in [0.15, 0.2) is 12.3 Å². The van der Waals surface area contributed by atoms with Crippen molar-refractivity contribution in [3.05, 3.63) is 22.8 Å². The molecule has 19 heavy (non-hydrogen) atoms. The lowest BCUT2D eigenvalue weighted by atomic mass is 10.0. The second kappa shape index (κ2) is 7.11. The monoisotopic (exact) mass is 281 g/mol. The van der Waals surface area contributed by atoms with Crippen LogP contribution in [0.4, 0.5) is 5.82 Å². The molecular formula is C15H24ClN3. The predicted molar refractivity (Wildman–Crippen MR) is 81.9 cm³/mol. The summed E-state index contributed by atoms with van der Waals surface area (Å²) in [4.78, 5) is 6.87. The van der Waals surface area contributed by atoms with Crippen LogP contribution in [0, 0.1) is 5.92 Å². The minimum absolute atomic E-state index is 0.757. The van der Waals surface area contributed by atoms with Crippen molar-refractivity contribution >= 4 is 17.4 Å². The molecule has 0 aliphatic carbocycles. The third-order valence-corrected chi connectivity index (χ3v) is 3.98. The number of nitrogens with zero attached hydrogens (tertiary/aromatic N) is 2. The highest BCUT2D eigenvalue weighted by Gasteiger charge is 2.18. The zero-order valence-corrected chi connectivity index (χ0v) is 12.7. The summed E-state index contributed by atoms with van der Waals surface area (Å²) in [6.07, 6.45) is 5.52. The predicted octanol–water partition coefficient (Wildman–Crippen LogP) is 3.47. The van der Waals surface area contributed by atoms with Gasteiger partial charge in [-0.2, -0.15) is 0 Å². The molecule has 0 radical (unpaired) electrons. The van der Waals surface area contributed by atoms with E-state index in [1.807, 2.05) is 0 Å². The normalized spacial score (nSPS) is 19.7. The fraction of sp³-hybridized carbons (Fsp3) is 0.667. The second-order valence-electron chi connectivity index (χ2n) is 5.50. The van der Waals surface area contributed by atoms with Crippen LogP contribution in [0.2, 0.25) is 5.02 Å². The van der Waals surface area contributed by atoms with Gasteiger partial charge in [0.25, 0.3) is 0 Å². The van der Waals surface area contributed by atoms with Crippen molar-refractivity contribution in [2.75, 3.05) is 24.5 Å². The second-order valence-corrected chi connectivity index (χ2v) is 5.91. The summed E-state index contributed by atoms with van der Waals surface area (Å²) in [5.74, 6) is 1.83. The zero-order valence-electron chi connectivity index (χ0n) is 12.0. The van der Waals surface area contributed by atoms with Crippen LogP contribution in [0.5, 0.6) is 0 Å². The van der Waals surface area contributed by atoms with Crippen LogP contribution in [-0.2, 0) is 6.54 Å². The SMILES string of the molecule is CCCNCc1cc(N2CCCC(C)C2)ncc1Cl. The largest absolute Gasteiger partial charge is 0.356 e. The molecule has 0 amide bonds. The van der Waals surface area contributed by atoms with E-state index < -0.39 is 0 Å². The lowest BCUT2D eigenvalue weighted by molar-refractivity contribution is 0.444. The first-order valence-electron chi connectivity index (χ1n) is 7.30. The standard InChI is InChI=1S/C15H24ClN3/c1-3-6-17-9-13-8-15(18-10-14(13)16)19-7-4-5-12(2)11-19/h8,10,12,17H,3-7,9,11H2,1-2H3. The van der Waals surface area contributed by atoms with Crippen LogP contribution in [0.25, 0.3) is 0 Å². The van der Waals surface area contributed by atoms with Crippen molar-refractivity contribution in [1.82, 2.24) is 10.3 Å². The lowest BCUT2D eigenvalue weighted by Crippen LogP contribution is -2.34. The third kappa shape index (κ3) is 4.08. The van der Waals surface area contributed by atoms with Crippen LogP contribution < -0.4 is 10.2 Å². The van der Waals surface area contributed by atoms with E-state index in [9.17, 15) is 0 Å². The summed E-state index contributed by atoms with van der Waals surface area (Å²) in [5, 5.41) is 4.16. The molecular weight excluding hydrogens is 258 g/mol. The molecule has 0 saturated carbocycles. The molecule has 1 aromatic rings. The number of anilines is 1. The Balaban J connectivity index is 2.06. The fourth-order valence-electron chi connectivity index (χ4n) is 2.57.